The van der Waals surface area contributed by atoms with Crippen molar-refractivity contribution in [1.29, 1.82) is 0 Å². The quantitative estimate of drug-likeness (QED) is 0.508. The summed E-state index contributed by atoms with van der Waals surface area (Å²) in [6.45, 7) is 4.82. The maximum atomic E-state index is 8.73. The minimum Gasteiger partial charge on any atom is -0.396 e. The lowest BCUT2D eigenvalue weighted by atomic mass is 10.1. The van der Waals surface area contributed by atoms with Gasteiger partial charge in [0, 0.05) is 13.2 Å². The molecule has 0 fully saturated rings. The molecule has 0 spiro atoms. The van der Waals surface area contributed by atoms with Gasteiger partial charge in [0.25, 0.3) is 0 Å². The highest BCUT2D eigenvalue weighted by Gasteiger charge is 2.03. The third kappa shape index (κ3) is 6.58. The van der Waals surface area contributed by atoms with Crippen LogP contribution in [0.1, 0.15) is 31.2 Å². The first-order valence-corrected chi connectivity index (χ1v) is 6.75. The second kappa shape index (κ2) is 9.86. The van der Waals surface area contributed by atoms with Gasteiger partial charge in [0.05, 0.1) is 6.10 Å². The van der Waals surface area contributed by atoms with Crippen molar-refractivity contribution in [2.75, 3.05) is 13.2 Å². The van der Waals surface area contributed by atoms with Crippen molar-refractivity contribution in [2.45, 2.75) is 38.2 Å². The summed E-state index contributed by atoms with van der Waals surface area (Å²) in [5.74, 6) is 0. The molecule has 0 heterocycles. The Morgan fingerprint density at radius 1 is 1.17 bits per heavy atom. The Balaban J connectivity index is 2.10. The summed E-state index contributed by atoms with van der Waals surface area (Å²) >= 11 is 0. The molecule has 2 nitrogen and oxygen atoms in total. The normalized spacial score (nSPS) is 12.3. The van der Waals surface area contributed by atoms with Gasteiger partial charge in [0.15, 0.2) is 0 Å². The van der Waals surface area contributed by atoms with Gasteiger partial charge in [-0.3, -0.25) is 0 Å². The summed E-state index contributed by atoms with van der Waals surface area (Å²) in [5, 5.41) is 8.73. The summed E-state index contributed by atoms with van der Waals surface area (Å²) < 4.78 is 5.76. The molecular weight excluding hydrogens is 224 g/mol. The van der Waals surface area contributed by atoms with Crippen molar-refractivity contribution in [3.05, 3.63) is 48.6 Å². The molecule has 1 rings (SSSR count). The van der Waals surface area contributed by atoms with E-state index in [1.807, 2.05) is 12.1 Å². The molecule has 0 saturated heterocycles. The van der Waals surface area contributed by atoms with E-state index in [1.54, 1.807) is 0 Å². The molecule has 1 unspecified atom stereocenters. The SMILES string of the molecule is C=CC(CCCCO)OCCCc1ccccc1. The lowest BCUT2D eigenvalue weighted by Gasteiger charge is -2.13. The van der Waals surface area contributed by atoms with E-state index in [1.165, 1.54) is 5.56 Å². The van der Waals surface area contributed by atoms with Crippen LogP contribution >= 0.6 is 0 Å². The Labute approximate surface area is 110 Å². The van der Waals surface area contributed by atoms with Crippen LogP contribution in [0.5, 0.6) is 0 Å². The van der Waals surface area contributed by atoms with Gasteiger partial charge in [0.2, 0.25) is 0 Å². The first kappa shape index (κ1) is 14.9. The Morgan fingerprint density at radius 2 is 1.94 bits per heavy atom. The summed E-state index contributed by atoms with van der Waals surface area (Å²) in [5.41, 5.74) is 1.36. The fourth-order valence-electron chi connectivity index (χ4n) is 1.88. The number of benzene rings is 1. The van der Waals surface area contributed by atoms with Gasteiger partial charge in [-0.2, -0.15) is 0 Å². The van der Waals surface area contributed by atoms with Crippen LogP contribution in [0.25, 0.3) is 0 Å². The first-order chi connectivity index (χ1) is 8.86. The number of hydrogen-bond donors (Lipinski definition) is 1. The third-order valence-corrected chi connectivity index (χ3v) is 2.94. The van der Waals surface area contributed by atoms with Gasteiger partial charge < -0.3 is 9.84 Å². The molecule has 1 aromatic rings. The summed E-state index contributed by atoms with van der Waals surface area (Å²) in [7, 11) is 0. The maximum Gasteiger partial charge on any atom is 0.0753 e. The highest BCUT2D eigenvalue weighted by atomic mass is 16.5. The zero-order chi connectivity index (χ0) is 13.1. The number of hydrogen-bond acceptors (Lipinski definition) is 2. The summed E-state index contributed by atoms with van der Waals surface area (Å²) in [6, 6.07) is 10.5. The molecule has 18 heavy (non-hydrogen) atoms. The van der Waals surface area contributed by atoms with E-state index in [-0.39, 0.29) is 12.7 Å². The summed E-state index contributed by atoms with van der Waals surface area (Å²) in [4.78, 5) is 0. The molecular formula is C16H24O2. The Morgan fingerprint density at radius 3 is 2.61 bits per heavy atom. The van der Waals surface area contributed by atoms with Crippen LogP contribution in [-0.4, -0.2) is 24.4 Å². The second-order valence-electron chi connectivity index (χ2n) is 4.45. The third-order valence-electron chi connectivity index (χ3n) is 2.94. The molecule has 0 radical (unpaired) electrons. The lowest BCUT2D eigenvalue weighted by Crippen LogP contribution is -2.11. The van der Waals surface area contributed by atoms with Crippen LogP contribution in [0.3, 0.4) is 0 Å². The predicted molar refractivity (Wildman–Crippen MR) is 75.6 cm³/mol. The highest BCUT2D eigenvalue weighted by molar-refractivity contribution is 5.14. The van der Waals surface area contributed by atoms with Gasteiger partial charge in [-0.05, 0) is 37.7 Å². The molecule has 2 heteroatoms. The van der Waals surface area contributed by atoms with Gasteiger partial charge in [-0.15, -0.1) is 6.58 Å². The number of rotatable bonds is 10. The highest BCUT2D eigenvalue weighted by Crippen LogP contribution is 2.08. The van der Waals surface area contributed by atoms with E-state index in [2.05, 4.69) is 30.8 Å². The number of unbranched alkanes of at least 4 members (excludes halogenated alkanes) is 1. The van der Waals surface area contributed by atoms with Crippen LogP contribution < -0.4 is 0 Å². The van der Waals surface area contributed by atoms with Crippen molar-refractivity contribution in [3.63, 3.8) is 0 Å². The number of aliphatic hydroxyl groups is 1. The molecule has 100 valence electrons. The van der Waals surface area contributed by atoms with Crippen LogP contribution in [0.15, 0.2) is 43.0 Å². The van der Waals surface area contributed by atoms with Crippen LogP contribution in [0, 0.1) is 0 Å². The predicted octanol–water partition coefficient (Wildman–Crippen LogP) is 3.35. The average Bonchev–Trinajstić information content (AvgIpc) is 2.43. The first-order valence-electron chi connectivity index (χ1n) is 6.75. The smallest absolute Gasteiger partial charge is 0.0753 e. The molecule has 0 aliphatic carbocycles. The van der Waals surface area contributed by atoms with E-state index in [0.29, 0.717) is 0 Å². The standard InChI is InChI=1S/C16H24O2/c1-2-16(12-6-7-13-17)18-14-8-11-15-9-4-3-5-10-15/h2-5,9-10,16-17H,1,6-8,11-14H2. The molecule has 0 aliphatic heterocycles. The van der Waals surface area contributed by atoms with E-state index < -0.39 is 0 Å². The van der Waals surface area contributed by atoms with Crippen LogP contribution in [0.4, 0.5) is 0 Å². The number of aryl methyl sites for hydroxylation is 1. The average molecular weight is 248 g/mol. The fourth-order valence-corrected chi connectivity index (χ4v) is 1.88. The molecule has 1 aromatic carbocycles. The fraction of sp³-hybridized carbons (Fsp3) is 0.500. The number of aliphatic hydroxyl groups excluding tert-OH is 1. The largest absolute Gasteiger partial charge is 0.396 e. The molecule has 0 aromatic heterocycles. The van der Waals surface area contributed by atoms with E-state index in [4.69, 9.17) is 9.84 Å². The van der Waals surface area contributed by atoms with E-state index >= 15 is 0 Å². The maximum absolute atomic E-state index is 8.73. The zero-order valence-electron chi connectivity index (χ0n) is 11.1. The topological polar surface area (TPSA) is 29.5 Å². The van der Waals surface area contributed by atoms with Crippen LogP contribution in [-0.2, 0) is 11.2 Å². The zero-order valence-corrected chi connectivity index (χ0v) is 11.1. The monoisotopic (exact) mass is 248 g/mol. The molecule has 0 aliphatic rings. The van der Waals surface area contributed by atoms with E-state index in [9.17, 15) is 0 Å². The number of ether oxygens (including phenoxy) is 1. The minimum absolute atomic E-state index is 0.132. The molecule has 0 bridgehead atoms. The van der Waals surface area contributed by atoms with Crippen molar-refractivity contribution in [3.8, 4) is 0 Å². The Hall–Kier alpha value is -1.12. The molecule has 1 atom stereocenters. The van der Waals surface area contributed by atoms with Crippen molar-refractivity contribution in [1.82, 2.24) is 0 Å². The second-order valence-corrected chi connectivity index (χ2v) is 4.45. The van der Waals surface area contributed by atoms with Gasteiger partial charge in [-0.25, -0.2) is 0 Å². The van der Waals surface area contributed by atoms with Crippen molar-refractivity contribution in [2.24, 2.45) is 0 Å². The van der Waals surface area contributed by atoms with Crippen LogP contribution in [0.2, 0.25) is 0 Å². The van der Waals surface area contributed by atoms with E-state index in [0.717, 1.165) is 38.7 Å². The minimum atomic E-state index is 0.132. The van der Waals surface area contributed by atoms with Gasteiger partial charge in [-0.1, -0.05) is 36.4 Å². The lowest BCUT2D eigenvalue weighted by molar-refractivity contribution is 0.0752. The Kier molecular flexibility index (Phi) is 8.19. The van der Waals surface area contributed by atoms with Gasteiger partial charge >= 0.3 is 0 Å². The van der Waals surface area contributed by atoms with Crippen molar-refractivity contribution >= 4 is 0 Å². The molecule has 0 saturated carbocycles. The Bertz CT molecular complexity index is 308. The molecule has 0 amide bonds. The molecule has 1 N–H and O–H groups in total. The van der Waals surface area contributed by atoms with Crippen molar-refractivity contribution < 1.29 is 9.84 Å². The summed E-state index contributed by atoms with van der Waals surface area (Å²) in [6.07, 6.45) is 6.88. The van der Waals surface area contributed by atoms with Gasteiger partial charge in [0.1, 0.15) is 0 Å².